The molecule has 2 heterocycles. The molecule has 1 aromatic carbocycles. The van der Waals surface area contributed by atoms with E-state index in [-0.39, 0.29) is 28.9 Å². The van der Waals surface area contributed by atoms with E-state index in [2.05, 4.69) is 9.78 Å². The zero-order valence-corrected chi connectivity index (χ0v) is 12.9. The first-order valence-corrected chi connectivity index (χ1v) is 7.26. The Morgan fingerprint density at radius 3 is 2.67 bits per heavy atom. The Bertz CT molecular complexity index is 934. The van der Waals surface area contributed by atoms with Crippen molar-refractivity contribution in [3.8, 4) is 0 Å². The molecule has 0 fully saturated rings. The van der Waals surface area contributed by atoms with E-state index in [0.717, 1.165) is 13.0 Å². The van der Waals surface area contributed by atoms with E-state index in [1.54, 1.807) is 4.57 Å². The van der Waals surface area contributed by atoms with Gasteiger partial charge in [-0.3, -0.25) is 4.79 Å². The van der Waals surface area contributed by atoms with Crippen LogP contribution in [-0.4, -0.2) is 16.5 Å². The summed E-state index contributed by atoms with van der Waals surface area (Å²) in [5.74, 6) is -4.18. The molecule has 0 spiro atoms. The maximum Gasteiger partial charge on any atom is 0.391 e. The number of pyridine rings is 1. The number of nitrogens with zero attached hydrogens (tertiary/aromatic N) is 1. The molecule has 0 saturated heterocycles. The van der Waals surface area contributed by atoms with Crippen molar-refractivity contribution in [3.05, 3.63) is 45.2 Å². The highest BCUT2D eigenvalue weighted by atomic mass is 19.2. The maximum absolute atomic E-state index is 14.0. The predicted octanol–water partition coefficient (Wildman–Crippen LogP) is 2.42. The number of aromatic nitrogens is 1. The van der Waals surface area contributed by atoms with Gasteiger partial charge in [0.05, 0.1) is 5.52 Å². The van der Waals surface area contributed by atoms with Crippen LogP contribution < -0.4 is 5.43 Å². The minimum absolute atomic E-state index is 0.111. The molecule has 0 radical (unpaired) electrons. The third-order valence-electron chi connectivity index (χ3n) is 4.04. The molecule has 126 valence electrons. The second kappa shape index (κ2) is 5.70. The Morgan fingerprint density at radius 2 is 2.00 bits per heavy atom. The molecule has 3 rings (SSSR count). The van der Waals surface area contributed by atoms with Crippen molar-refractivity contribution in [2.45, 2.75) is 32.7 Å². The molecule has 0 aliphatic carbocycles. The van der Waals surface area contributed by atoms with Crippen LogP contribution >= 0.6 is 0 Å². The molecule has 0 N–H and O–H groups in total. The second-order valence-corrected chi connectivity index (χ2v) is 5.66. The minimum Gasteiger partial charge on any atom is -0.343 e. The predicted molar refractivity (Wildman–Crippen MR) is 78.3 cm³/mol. The number of rotatable bonds is 1. The number of hydrogen-bond donors (Lipinski definition) is 0. The quantitative estimate of drug-likeness (QED) is 0.590. The van der Waals surface area contributed by atoms with Crippen LogP contribution in [0.4, 0.5) is 8.78 Å². The summed E-state index contributed by atoms with van der Waals surface area (Å²) >= 11 is 0. The minimum atomic E-state index is -1.18. The van der Waals surface area contributed by atoms with Crippen molar-refractivity contribution < 1.29 is 28.1 Å². The summed E-state index contributed by atoms with van der Waals surface area (Å²) in [6.07, 6.45) is 2.03. The number of benzene rings is 1. The summed E-state index contributed by atoms with van der Waals surface area (Å²) in [7, 11) is 0. The highest BCUT2D eigenvalue weighted by Crippen LogP contribution is 2.32. The Kier molecular flexibility index (Phi) is 3.82. The first kappa shape index (κ1) is 16.1. The van der Waals surface area contributed by atoms with Crippen LogP contribution in [0.5, 0.6) is 0 Å². The molecule has 0 amide bonds. The molecule has 0 bridgehead atoms. The van der Waals surface area contributed by atoms with Gasteiger partial charge in [-0.05, 0) is 25.8 Å². The number of carbonyl (C=O) groups excluding carboxylic acids is 2. The van der Waals surface area contributed by atoms with E-state index in [1.807, 2.05) is 6.92 Å². The molecular weight excluding hydrogens is 324 g/mol. The van der Waals surface area contributed by atoms with E-state index in [4.69, 9.17) is 0 Å². The maximum atomic E-state index is 14.0. The first-order valence-electron chi connectivity index (χ1n) is 7.26. The van der Waals surface area contributed by atoms with Crippen molar-refractivity contribution in [1.29, 1.82) is 0 Å². The lowest BCUT2D eigenvalue weighted by atomic mass is 9.95. The van der Waals surface area contributed by atoms with Crippen molar-refractivity contribution in [2.75, 3.05) is 0 Å². The van der Waals surface area contributed by atoms with E-state index in [0.29, 0.717) is 6.42 Å². The molecule has 1 aliphatic rings. The summed E-state index contributed by atoms with van der Waals surface area (Å²) in [6, 6.07) is 0.638. The third-order valence-corrected chi connectivity index (χ3v) is 4.04. The van der Waals surface area contributed by atoms with Gasteiger partial charge in [0.25, 0.3) is 0 Å². The molecule has 1 atom stereocenters. The Balaban J connectivity index is 2.27. The second-order valence-electron chi connectivity index (χ2n) is 5.66. The van der Waals surface area contributed by atoms with Crippen molar-refractivity contribution >= 4 is 22.8 Å². The third kappa shape index (κ3) is 2.44. The summed E-state index contributed by atoms with van der Waals surface area (Å²) in [6.45, 7) is 2.85. The number of carbonyl (C=O) groups is 2. The van der Waals surface area contributed by atoms with E-state index < -0.39 is 34.6 Å². The lowest BCUT2D eigenvalue weighted by molar-refractivity contribution is -0.231. The fourth-order valence-electron chi connectivity index (χ4n) is 2.90. The number of halogens is 2. The Morgan fingerprint density at radius 1 is 1.29 bits per heavy atom. The van der Waals surface area contributed by atoms with Crippen LogP contribution in [0.3, 0.4) is 0 Å². The highest BCUT2D eigenvalue weighted by Gasteiger charge is 2.27. The summed E-state index contributed by atoms with van der Waals surface area (Å²) in [5, 5.41) is -0.118. The fraction of sp³-hybridized carbons (Fsp3) is 0.312. The Labute approximate surface area is 134 Å². The number of hydrogen-bond acceptors (Lipinski definition) is 5. The van der Waals surface area contributed by atoms with Gasteiger partial charge < -0.3 is 4.57 Å². The molecule has 1 aromatic heterocycles. The van der Waals surface area contributed by atoms with Gasteiger partial charge in [-0.2, -0.15) is 0 Å². The lowest BCUT2D eigenvalue weighted by Crippen LogP contribution is -2.26. The summed E-state index contributed by atoms with van der Waals surface area (Å²) in [4.78, 5) is 43.6. The van der Waals surface area contributed by atoms with Gasteiger partial charge in [0.15, 0.2) is 11.6 Å². The van der Waals surface area contributed by atoms with Crippen LogP contribution in [0, 0.1) is 11.6 Å². The Hall–Kier alpha value is -2.77. The summed E-state index contributed by atoms with van der Waals surface area (Å²) in [5.41, 5.74) is -0.858. The monoisotopic (exact) mass is 337 g/mol. The summed E-state index contributed by atoms with van der Waals surface area (Å²) < 4.78 is 29.4. The van der Waals surface area contributed by atoms with Gasteiger partial charge in [0.1, 0.15) is 5.56 Å². The zero-order valence-electron chi connectivity index (χ0n) is 12.9. The fourth-order valence-corrected chi connectivity index (χ4v) is 2.90. The van der Waals surface area contributed by atoms with Gasteiger partial charge >= 0.3 is 11.9 Å². The SMILES string of the molecule is CC(=O)OOC(=O)c1cn2c3c(c(F)c(F)cc3c1=O)CCC2C. The normalized spacial score (nSPS) is 16.1. The van der Waals surface area contributed by atoms with Gasteiger partial charge in [0.2, 0.25) is 5.43 Å². The molecule has 2 aromatic rings. The van der Waals surface area contributed by atoms with Crippen LogP contribution in [-0.2, 0) is 21.0 Å². The smallest absolute Gasteiger partial charge is 0.343 e. The molecule has 1 aliphatic heterocycles. The molecule has 0 saturated carbocycles. The standard InChI is InChI=1S/C16H13F2NO5/c1-7-3-4-9-13(18)12(17)5-10-14(9)19(7)6-11(15(10)21)16(22)24-23-8(2)20/h5-7H,3-4H2,1-2H3. The van der Waals surface area contributed by atoms with Gasteiger partial charge in [0, 0.05) is 30.1 Å². The van der Waals surface area contributed by atoms with Crippen molar-refractivity contribution in [2.24, 2.45) is 0 Å². The lowest BCUT2D eigenvalue weighted by Gasteiger charge is -2.26. The van der Waals surface area contributed by atoms with Crippen molar-refractivity contribution in [1.82, 2.24) is 4.57 Å². The van der Waals surface area contributed by atoms with Crippen molar-refractivity contribution in [3.63, 3.8) is 0 Å². The van der Waals surface area contributed by atoms with Crippen LogP contribution in [0.25, 0.3) is 10.9 Å². The molecule has 24 heavy (non-hydrogen) atoms. The van der Waals surface area contributed by atoms with Crippen LogP contribution in [0.1, 0.15) is 42.2 Å². The van der Waals surface area contributed by atoms with Gasteiger partial charge in [-0.25, -0.2) is 28.1 Å². The zero-order chi connectivity index (χ0) is 17.6. The molecule has 6 nitrogen and oxygen atoms in total. The average molecular weight is 337 g/mol. The average Bonchev–Trinajstić information content (AvgIpc) is 2.53. The topological polar surface area (TPSA) is 74.6 Å². The first-order chi connectivity index (χ1) is 11.3. The largest absolute Gasteiger partial charge is 0.391 e. The van der Waals surface area contributed by atoms with Crippen LogP contribution in [0.15, 0.2) is 17.1 Å². The van der Waals surface area contributed by atoms with Crippen LogP contribution in [0.2, 0.25) is 0 Å². The van der Waals surface area contributed by atoms with E-state index in [1.165, 1.54) is 6.20 Å². The molecule has 8 heteroatoms. The molecular formula is C16H13F2NO5. The highest BCUT2D eigenvalue weighted by molar-refractivity contribution is 5.94. The molecule has 1 unspecified atom stereocenters. The van der Waals surface area contributed by atoms with Gasteiger partial charge in [-0.1, -0.05) is 0 Å². The van der Waals surface area contributed by atoms with E-state index in [9.17, 15) is 23.2 Å². The van der Waals surface area contributed by atoms with E-state index >= 15 is 0 Å². The van der Waals surface area contributed by atoms with Gasteiger partial charge in [-0.15, -0.1) is 0 Å². The number of aryl methyl sites for hydroxylation is 1.